The third-order valence-electron chi connectivity index (χ3n) is 9.63. The van der Waals surface area contributed by atoms with Gasteiger partial charge in [0.15, 0.2) is 11.5 Å². The SMILES string of the molecule is COC1=C(C(C)C)c2cc(C)c(-c3c(C)cc4c(c3O)/C(=C/Nc3ccccc3)C(=O)C(OC)=C4C(C)C)c(O)c2/C(=C/Nc2ccccc2)C1=O. The number of rotatable bonds is 9. The summed E-state index contributed by atoms with van der Waals surface area (Å²) >= 11 is 0. The number of phenolic OH excluding ortho intramolecular Hbond substituents is 2. The van der Waals surface area contributed by atoms with Gasteiger partial charge in [-0.15, -0.1) is 0 Å². The van der Waals surface area contributed by atoms with Gasteiger partial charge >= 0.3 is 0 Å². The summed E-state index contributed by atoms with van der Waals surface area (Å²) in [6.07, 6.45) is 3.18. The first-order valence-corrected chi connectivity index (χ1v) is 17.3. The van der Waals surface area contributed by atoms with Crippen molar-refractivity contribution < 1.29 is 29.3 Å². The second kappa shape index (κ2) is 14.3. The highest BCUT2D eigenvalue weighted by Crippen LogP contribution is 2.54. The average Bonchev–Trinajstić information content (AvgIpc) is 3.12. The summed E-state index contributed by atoms with van der Waals surface area (Å²) in [6.45, 7) is 11.6. The summed E-state index contributed by atoms with van der Waals surface area (Å²) in [5.41, 5.74) is 7.34. The van der Waals surface area contributed by atoms with Crippen LogP contribution in [0.4, 0.5) is 11.4 Å². The Morgan fingerprint density at radius 2 is 0.923 bits per heavy atom. The van der Waals surface area contributed by atoms with Crippen molar-refractivity contribution in [2.75, 3.05) is 24.9 Å². The molecule has 4 N–H and O–H groups in total. The number of aromatic hydroxyl groups is 2. The van der Waals surface area contributed by atoms with Gasteiger partial charge in [-0.2, -0.15) is 0 Å². The average molecular weight is 697 g/mol. The number of carbonyl (C=O) groups is 2. The molecule has 0 radical (unpaired) electrons. The highest BCUT2D eigenvalue weighted by molar-refractivity contribution is 6.35. The smallest absolute Gasteiger partial charge is 0.230 e. The normalized spacial score (nSPS) is 15.8. The van der Waals surface area contributed by atoms with E-state index in [1.807, 2.05) is 114 Å². The van der Waals surface area contributed by atoms with E-state index in [0.717, 1.165) is 11.4 Å². The zero-order chi connectivity index (χ0) is 37.4. The number of hydrogen-bond donors (Lipinski definition) is 4. The molecule has 0 atom stereocenters. The number of methoxy groups -OCH3 is 2. The topological polar surface area (TPSA) is 117 Å². The molecule has 0 saturated carbocycles. The number of fused-ring (bicyclic) bond motifs is 2. The van der Waals surface area contributed by atoms with Crippen LogP contribution in [-0.2, 0) is 19.1 Å². The largest absolute Gasteiger partial charge is 0.507 e. The number of hydrogen-bond acceptors (Lipinski definition) is 8. The van der Waals surface area contributed by atoms with Crippen LogP contribution in [0.5, 0.6) is 11.5 Å². The number of benzene rings is 4. The van der Waals surface area contributed by atoms with Crippen LogP contribution >= 0.6 is 0 Å². The molecule has 0 amide bonds. The lowest BCUT2D eigenvalue weighted by molar-refractivity contribution is -0.114. The minimum Gasteiger partial charge on any atom is -0.507 e. The van der Waals surface area contributed by atoms with Crippen LogP contribution < -0.4 is 10.6 Å². The minimum absolute atomic E-state index is 0.114. The fourth-order valence-corrected chi connectivity index (χ4v) is 7.37. The van der Waals surface area contributed by atoms with E-state index in [2.05, 4.69) is 10.6 Å². The molecule has 8 heteroatoms. The van der Waals surface area contributed by atoms with Gasteiger partial charge in [0.25, 0.3) is 0 Å². The summed E-state index contributed by atoms with van der Waals surface area (Å²) in [4.78, 5) is 28.3. The zero-order valence-corrected chi connectivity index (χ0v) is 30.8. The Balaban J connectivity index is 1.65. The molecule has 0 unspecified atom stereocenters. The molecule has 2 aliphatic rings. The van der Waals surface area contributed by atoms with Gasteiger partial charge in [-0.25, -0.2) is 0 Å². The second-order valence-electron chi connectivity index (χ2n) is 13.7. The fraction of sp³-hybridized carbons (Fsp3) is 0.227. The van der Waals surface area contributed by atoms with Crippen LogP contribution in [-0.4, -0.2) is 36.0 Å². The molecule has 0 saturated heterocycles. The molecular weight excluding hydrogens is 652 g/mol. The van der Waals surface area contributed by atoms with Gasteiger partial charge < -0.3 is 30.3 Å². The van der Waals surface area contributed by atoms with Crippen molar-refractivity contribution in [1.29, 1.82) is 0 Å². The molecule has 0 spiro atoms. The molecular formula is C44H44N2O6. The Kier molecular flexibility index (Phi) is 9.85. The van der Waals surface area contributed by atoms with Crippen molar-refractivity contribution in [2.24, 2.45) is 11.8 Å². The maximum absolute atomic E-state index is 14.2. The quantitative estimate of drug-likeness (QED) is 0.128. The maximum Gasteiger partial charge on any atom is 0.230 e. The van der Waals surface area contributed by atoms with Gasteiger partial charge in [0.2, 0.25) is 11.6 Å². The molecule has 8 nitrogen and oxygen atoms in total. The summed E-state index contributed by atoms with van der Waals surface area (Å²) in [7, 11) is 2.96. The molecule has 52 heavy (non-hydrogen) atoms. The van der Waals surface area contributed by atoms with Crippen molar-refractivity contribution in [3.05, 3.63) is 130 Å². The maximum atomic E-state index is 14.2. The highest BCUT2D eigenvalue weighted by atomic mass is 16.5. The number of ether oxygens (including phenoxy) is 2. The van der Waals surface area contributed by atoms with E-state index in [-0.39, 0.29) is 57.6 Å². The van der Waals surface area contributed by atoms with E-state index in [0.29, 0.717) is 55.7 Å². The van der Waals surface area contributed by atoms with Gasteiger partial charge in [-0.3, -0.25) is 9.59 Å². The number of ketones is 2. The van der Waals surface area contributed by atoms with E-state index in [1.165, 1.54) is 14.2 Å². The molecule has 0 heterocycles. The first kappa shape index (κ1) is 35.8. The van der Waals surface area contributed by atoms with Gasteiger partial charge in [-0.05, 0) is 72.2 Å². The standard InChI is InChI=1S/C44H44N2O6/c1-23(2)33-29-19-25(5)35(41(49)37(29)31(39(47)43(33)51-7)21-45-27-15-11-9-12-16-27)36-26(6)20-30-34(24(3)4)44(52-8)40(48)32(38(30)42(36)50)22-46-28-17-13-10-14-18-28/h9-24,45-46,49-50H,1-8H3/b31-21-,32-22-. The van der Waals surface area contributed by atoms with Crippen molar-refractivity contribution in [1.82, 2.24) is 0 Å². The van der Waals surface area contributed by atoms with Gasteiger partial charge in [0, 0.05) is 57.2 Å². The molecule has 0 bridgehead atoms. The molecule has 2 aliphatic carbocycles. The highest BCUT2D eigenvalue weighted by Gasteiger charge is 2.39. The molecule has 0 fully saturated rings. The second-order valence-corrected chi connectivity index (χ2v) is 13.7. The van der Waals surface area contributed by atoms with Crippen LogP contribution in [0.25, 0.3) is 33.4 Å². The van der Waals surface area contributed by atoms with Crippen LogP contribution in [0.1, 0.15) is 61.1 Å². The molecule has 4 aromatic rings. The van der Waals surface area contributed by atoms with E-state index >= 15 is 0 Å². The summed E-state index contributed by atoms with van der Waals surface area (Å²) in [5.74, 6) is -0.880. The Bertz CT molecular complexity index is 2070. The Hall–Kier alpha value is -6.02. The number of carbonyl (C=O) groups excluding carboxylic acids is 2. The number of aryl methyl sites for hydroxylation is 2. The van der Waals surface area contributed by atoms with Crippen LogP contribution in [0.15, 0.2) is 96.7 Å². The molecule has 6 rings (SSSR count). The lowest BCUT2D eigenvalue weighted by atomic mass is 9.75. The van der Waals surface area contributed by atoms with Crippen LogP contribution in [0.3, 0.4) is 0 Å². The van der Waals surface area contributed by atoms with Crippen molar-refractivity contribution in [2.45, 2.75) is 41.5 Å². The molecule has 4 aromatic carbocycles. The lowest BCUT2D eigenvalue weighted by Crippen LogP contribution is -2.21. The molecule has 266 valence electrons. The number of Topliss-reactive ketones (excluding diaryl/α,β-unsaturated/α-hetero) is 2. The molecule has 0 aromatic heterocycles. The monoisotopic (exact) mass is 696 g/mol. The van der Waals surface area contributed by atoms with Crippen molar-refractivity contribution in [3.8, 4) is 22.6 Å². The number of para-hydroxylation sites is 2. The van der Waals surface area contributed by atoms with Crippen molar-refractivity contribution >= 4 is 45.2 Å². The van der Waals surface area contributed by atoms with Gasteiger partial charge in [0.1, 0.15) is 11.5 Å². The van der Waals surface area contributed by atoms with Gasteiger partial charge in [-0.1, -0.05) is 76.2 Å². The lowest BCUT2D eigenvalue weighted by Gasteiger charge is -2.30. The third kappa shape index (κ3) is 6.04. The van der Waals surface area contributed by atoms with E-state index in [4.69, 9.17) is 9.47 Å². The van der Waals surface area contributed by atoms with Crippen molar-refractivity contribution in [3.63, 3.8) is 0 Å². The number of allylic oxidation sites excluding steroid dienone is 4. The van der Waals surface area contributed by atoms with E-state index in [9.17, 15) is 19.8 Å². The number of phenols is 2. The summed E-state index contributed by atoms with van der Waals surface area (Å²) < 4.78 is 11.4. The fourth-order valence-electron chi connectivity index (χ4n) is 7.37. The predicted octanol–water partition coefficient (Wildman–Crippen LogP) is 9.48. The van der Waals surface area contributed by atoms with E-state index in [1.54, 1.807) is 12.4 Å². The Morgan fingerprint density at radius 3 is 1.23 bits per heavy atom. The predicted molar refractivity (Wildman–Crippen MR) is 208 cm³/mol. The van der Waals surface area contributed by atoms with Crippen LogP contribution in [0.2, 0.25) is 0 Å². The van der Waals surface area contributed by atoms with Gasteiger partial charge in [0.05, 0.1) is 25.4 Å². The zero-order valence-electron chi connectivity index (χ0n) is 30.8. The number of anilines is 2. The summed E-state index contributed by atoms with van der Waals surface area (Å²) in [6, 6.07) is 22.7. The van der Waals surface area contributed by atoms with E-state index < -0.39 is 0 Å². The first-order chi connectivity index (χ1) is 24.9. The Labute approximate surface area is 304 Å². The first-order valence-electron chi connectivity index (χ1n) is 17.3. The molecule has 0 aliphatic heterocycles. The number of nitrogens with one attached hydrogen (secondary N) is 2. The minimum atomic E-state index is -0.375. The third-order valence-corrected chi connectivity index (χ3v) is 9.63. The summed E-state index contributed by atoms with van der Waals surface area (Å²) in [5, 5.41) is 31.3. The van der Waals surface area contributed by atoms with Crippen LogP contribution in [0, 0.1) is 25.7 Å². The Morgan fingerprint density at radius 1 is 0.577 bits per heavy atom.